The van der Waals surface area contributed by atoms with Crippen molar-refractivity contribution in [1.82, 2.24) is 0 Å². The van der Waals surface area contributed by atoms with E-state index < -0.39 is 0 Å². The van der Waals surface area contributed by atoms with Gasteiger partial charge < -0.3 is 15.4 Å². The quantitative estimate of drug-likeness (QED) is 0.519. The predicted octanol–water partition coefficient (Wildman–Crippen LogP) is 6.49. The van der Waals surface area contributed by atoms with E-state index in [1.165, 1.54) is 27.6 Å². The van der Waals surface area contributed by atoms with Gasteiger partial charge in [-0.3, -0.25) is 0 Å². The molecular weight excluding hydrogens is 344 g/mol. The summed E-state index contributed by atoms with van der Waals surface area (Å²) < 4.78 is 5.26. The molecule has 0 spiro atoms. The maximum atomic E-state index is 5.26. The van der Waals surface area contributed by atoms with Crippen LogP contribution in [0.4, 0.5) is 11.4 Å². The van der Waals surface area contributed by atoms with Gasteiger partial charge >= 0.3 is 0 Å². The van der Waals surface area contributed by atoms with Crippen LogP contribution in [0.5, 0.6) is 5.75 Å². The van der Waals surface area contributed by atoms with Crippen molar-refractivity contribution in [2.45, 2.75) is 26.3 Å². The molecule has 0 aliphatic heterocycles. The topological polar surface area (TPSA) is 33.3 Å². The molecule has 0 radical (unpaired) electrons. The Morgan fingerprint density at radius 1 is 0.964 bits per heavy atom. The minimum atomic E-state index is 0.269. The molecule has 0 heterocycles. The Morgan fingerprint density at radius 2 is 1.75 bits per heavy atom. The SMILES string of the molecule is COc1ccc(NC2CC=Cc3cc4ccc(NCC(C)C)cc4cc32)cc1. The Kier molecular flexibility index (Phi) is 5.25. The number of fused-ring (bicyclic) bond motifs is 2. The van der Waals surface area contributed by atoms with Gasteiger partial charge in [0, 0.05) is 17.9 Å². The van der Waals surface area contributed by atoms with E-state index in [-0.39, 0.29) is 6.04 Å². The van der Waals surface area contributed by atoms with E-state index in [9.17, 15) is 0 Å². The number of rotatable bonds is 6. The zero-order valence-corrected chi connectivity index (χ0v) is 16.8. The molecule has 0 aromatic heterocycles. The first kappa shape index (κ1) is 18.4. The van der Waals surface area contributed by atoms with E-state index in [0.717, 1.165) is 24.4 Å². The summed E-state index contributed by atoms with van der Waals surface area (Å²) >= 11 is 0. The van der Waals surface area contributed by atoms with Crippen molar-refractivity contribution in [3.63, 3.8) is 0 Å². The average Bonchev–Trinajstić information content (AvgIpc) is 2.71. The molecule has 144 valence electrons. The van der Waals surface area contributed by atoms with E-state index >= 15 is 0 Å². The van der Waals surface area contributed by atoms with Crippen LogP contribution in [0.1, 0.15) is 37.4 Å². The molecule has 1 aliphatic carbocycles. The second-order valence-corrected chi connectivity index (χ2v) is 7.88. The Labute approximate surface area is 167 Å². The first-order valence-electron chi connectivity index (χ1n) is 10.0. The molecule has 0 amide bonds. The molecular formula is C25H28N2O. The molecule has 1 aliphatic rings. The Bertz CT molecular complexity index is 989. The molecule has 1 unspecified atom stereocenters. The van der Waals surface area contributed by atoms with E-state index in [0.29, 0.717) is 5.92 Å². The fourth-order valence-corrected chi connectivity index (χ4v) is 3.69. The van der Waals surface area contributed by atoms with Gasteiger partial charge in [0.1, 0.15) is 5.75 Å². The van der Waals surface area contributed by atoms with Gasteiger partial charge in [0.2, 0.25) is 0 Å². The van der Waals surface area contributed by atoms with Crippen molar-refractivity contribution in [2.75, 3.05) is 24.3 Å². The van der Waals surface area contributed by atoms with Crippen molar-refractivity contribution in [3.05, 3.63) is 71.8 Å². The van der Waals surface area contributed by atoms with Crippen molar-refractivity contribution in [1.29, 1.82) is 0 Å². The van der Waals surface area contributed by atoms with Crippen LogP contribution in [0.2, 0.25) is 0 Å². The third kappa shape index (κ3) is 3.99. The lowest BCUT2D eigenvalue weighted by molar-refractivity contribution is 0.415. The largest absolute Gasteiger partial charge is 0.497 e. The molecule has 1 atom stereocenters. The fourth-order valence-electron chi connectivity index (χ4n) is 3.69. The van der Waals surface area contributed by atoms with Gasteiger partial charge in [-0.15, -0.1) is 0 Å². The summed E-state index contributed by atoms with van der Waals surface area (Å²) in [6.45, 7) is 5.44. The summed E-state index contributed by atoms with van der Waals surface area (Å²) in [4.78, 5) is 0. The minimum Gasteiger partial charge on any atom is -0.497 e. The first-order chi connectivity index (χ1) is 13.6. The Hall–Kier alpha value is -2.94. The van der Waals surface area contributed by atoms with Gasteiger partial charge in [0.05, 0.1) is 13.2 Å². The lowest BCUT2D eigenvalue weighted by Crippen LogP contribution is -2.13. The van der Waals surface area contributed by atoms with Gasteiger partial charge in [-0.1, -0.05) is 32.1 Å². The molecule has 4 rings (SSSR count). The predicted molar refractivity (Wildman–Crippen MR) is 120 cm³/mol. The highest BCUT2D eigenvalue weighted by Crippen LogP contribution is 2.35. The normalized spacial score (nSPS) is 15.5. The third-order valence-corrected chi connectivity index (χ3v) is 5.23. The molecule has 28 heavy (non-hydrogen) atoms. The van der Waals surface area contributed by atoms with Crippen LogP contribution in [0.3, 0.4) is 0 Å². The van der Waals surface area contributed by atoms with E-state index in [4.69, 9.17) is 4.74 Å². The number of anilines is 2. The maximum absolute atomic E-state index is 5.26. The van der Waals surface area contributed by atoms with Crippen LogP contribution < -0.4 is 15.4 Å². The molecule has 3 heteroatoms. The van der Waals surface area contributed by atoms with Crippen LogP contribution in [0.15, 0.2) is 60.7 Å². The molecule has 3 nitrogen and oxygen atoms in total. The highest BCUT2D eigenvalue weighted by molar-refractivity contribution is 5.89. The van der Waals surface area contributed by atoms with Crippen molar-refractivity contribution < 1.29 is 4.74 Å². The second-order valence-electron chi connectivity index (χ2n) is 7.88. The fraction of sp³-hybridized carbons (Fsp3) is 0.280. The molecule has 0 saturated carbocycles. The Balaban J connectivity index is 1.63. The number of hydrogen-bond donors (Lipinski definition) is 2. The summed E-state index contributed by atoms with van der Waals surface area (Å²) in [5, 5.41) is 9.78. The van der Waals surface area contributed by atoms with Crippen LogP contribution in [-0.4, -0.2) is 13.7 Å². The molecule has 0 fully saturated rings. The highest BCUT2D eigenvalue weighted by Gasteiger charge is 2.18. The van der Waals surface area contributed by atoms with Crippen LogP contribution in [-0.2, 0) is 0 Å². The number of nitrogens with one attached hydrogen (secondary N) is 2. The van der Waals surface area contributed by atoms with Crippen LogP contribution >= 0.6 is 0 Å². The Morgan fingerprint density at radius 3 is 2.50 bits per heavy atom. The van der Waals surface area contributed by atoms with Crippen molar-refractivity contribution >= 4 is 28.2 Å². The smallest absolute Gasteiger partial charge is 0.119 e. The average molecular weight is 373 g/mol. The van der Waals surface area contributed by atoms with Crippen LogP contribution in [0, 0.1) is 5.92 Å². The van der Waals surface area contributed by atoms with Crippen molar-refractivity contribution in [2.24, 2.45) is 5.92 Å². The van der Waals surface area contributed by atoms with Crippen molar-refractivity contribution in [3.8, 4) is 5.75 Å². The number of ether oxygens (including phenoxy) is 1. The van der Waals surface area contributed by atoms with E-state index in [1.807, 2.05) is 12.1 Å². The van der Waals surface area contributed by atoms with Gasteiger partial charge in [-0.25, -0.2) is 0 Å². The van der Waals surface area contributed by atoms with Crippen LogP contribution in [0.25, 0.3) is 16.8 Å². The highest BCUT2D eigenvalue weighted by atomic mass is 16.5. The minimum absolute atomic E-state index is 0.269. The lowest BCUT2D eigenvalue weighted by atomic mass is 9.90. The third-order valence-electron chi connectivity index (χ3n) is 5.23. The first-order valence-corrected chi connectivity index (χ1v) is 10.0. The molecule has 2 N–H and O–H groups in total. The van der Waals surface area contributed by atoms with Gasteiger partial charge in [-0.2, -0.15) is 0 Å². The molecule has 3 aromatic carbocycles. The standard InChI is InChI=1S/C25H28N2O/c1-17(2)16-26-22-8-7-18-13-19-5-4-6-25(24(19)15-20(18)14-22)27-21-9-11-23(28-3)12-10-21/h4-5,7-15,17,25-27H,6,16H2,1-3H3. The molecule has 0 saturated heterocycles. The second kappa shape index (κ2) is 7.97. The van der Waals surface area contributed by atoms with E-state index in [2.05, 4.69) is 79.1 Å². The summed E-state index contributed by atoms with van der Waals surface area (Å²) in [6.07, 6.45) is 5.48. The molecule has 3 aromatic rings. The summed E-state index contributed by atoms with van der Waals surface area (Å²) in [6, 6.07) is 19.7. The monoisotopic (exact) mass is 372 g/mol. The zero-order chi connectivity index (χ0) is 19.5. The zero-order valence-electron chi connectivity index (χ0n) is 16.8. The van der Waals surface area contributed by atoms with Gasteiger partial charge in [0.15, 0.2) is 0 Å². The number of benzene rings is 3. The summed E-state index contributed by atoms with van der Waals surface area (Å²) in [5.74, 6) is 1.50. The summed E-state index contributed by atoms with van der Waals surface area (Å²) in [5.41, 5.74) is 4.95. The van der Waals surface area contributed by atoms with Gasteiger partial charge in [-0.05, 0) is 82.8 Å². The summed E-state index contributed by atoms with van der Waals surface area (Å²) in [7, 11) is 1.69. The van der Waals surface area contributed by atoms with Gasteiger partial charge in [0.25, 0.3) is 0 Å². The lowest BCUT2D eigenvalue weighted by Gasteiger charge is -2.25. The molecule has 0 bridgehead atoms. The number of methoxy groups -OCH3 is 1. The number of hydrogen-bond acceptors (Lipinski definition) is 3. The van der Waals surface area contributed by atoms with E-state index in [1.54, 1.807) is 7.11 Å². The maximum Gasteiger partial charge on any atom is 0.119 e.